The molecule has 0 aromatic heterocycles. The van der Waals surface area contributed by atoms with Gasteiger partial charge in [-0.3, -0.25) is 4.90 Å². The summed E-state index contributed by atoms with van der Waals surface area (Å²) < 4.78 is 5.43. The Morgan fingerprint density at radius 2 is 2.46 bits per heavy atom. The predicted molar refractivity (Wildman–Crippen MR) is 46.4 cm³/mol. The molecule has 3 heterocycles. The van der Waals surface area contributed by atoms with Gasteiger partial charge in [0.1, 0.15) is 5.60 Å². The van der Waals surface area contributed by atoms with Crippen molar-refractivity contribution in [2.75, 3.05) is 19.6 Å². The monoisotopic (exact) mass is 182 g/mol. The van der Waals surface area contributed by atoms with Crippen LogP contribution in [0, 0.1) is 0 Å². The molecule has 3 saturated heterocycles. The summed E-state index contributed by atoms with van der Waals surface area (Å²) in [5.41, 5.74) is -0.173. The van der Waals surface area contributed by atoms with Crippen LogP contribution in [0.25, 0.3) is 0 Å². The van der Waals surface area contributed by atoms with Gasteiger partial charge in [-0.15, -0.1) is 0 Å². The third-order valence-electron chi connectivity index (χ3n) is 3.62. The van der Waals surface area contributed by atoms with Crippen LogP contribution in [0.15, 0.2) is 0 Å². The van der Waals surface area contributed by atoms with E-state index in [9.17, 15) is 4.79 Å². The summed E-state index contributed by atoms with van der Waals surface area (Å²) in [6.45, 7) is 3.00. The second-order valence-electron chi connectivity index (χ2n) is 4.25. The molecule has 2 atom stereocenters. The third kappa shape index (κ3) is 0.921. The van der Waals surface area contributed by atoms with E-state index in [2.05, 4.69) is 10.2 Å². The van der Waals surface area contributed by atoms with Crippen LogP contribution in [0.4, 0.5) is 4.79 Å². The lowest BCUT2D eigenvalue weighted by molar-refractivity contribution is 0.0340. The van der Waals surface area contributed by atoms with Crippen LogP contribution >= 0.6 is 0 Å². The topological polar surface area (TPSA) is 41.6 Å². The molecule has 3 aliphatic rings. The summed E-state index contributed by atoms with van der Waals surface area (Å²) in [4.78, 5) is 13.5. The molecule has 4 nitrogen and oxygen atoms in total. The molecule has 0 bridgehead atoms. The first-order valence-corrected chi connectivity index (χ1v) is 5.01. The van der Waals surface area contributed by atoms with Gasteiger partial charge in [0, 0.05) is 13.0 Å². The van der Waals surface area contributed by atoms with Crippen LogP contribution in [0.5, 0.6) is 0 Å². The zero-order valence-corrected chi connectivity index (χ0v) is 7.58. The van der Waals surface area contributed by atoms with Gasteiger partial charge in [-0.2, -0.15) is 0 Å². The highest BCUT2D eigenvalue weighted by atomic mass is 16.6. The summed E-state index contributed by atoms with van der Waals surface area (Å²) in [7, 11) is 0. The van der Waals surface area contributed by atoms with Crippen LogP contribution < -0.4 is 5.32 Å². The Morgan fingerprint density at radius 1 is 1.54 bits per heavy atom. The van der Waals surface area contributed by atoms with E-state index in [-0.39, 0.29) is 11.7 Å². The largest absolute Gasteiger partial charge is 0.439 e. The molecular formula is C9H14N2O2. The SMILES string of the molecule is O=C1NCC2(CCN3CCCC32)O1. The molecule has 0 radical (unpaired) electrons. The molecule has 1 amide bonds. The van der Waals surface area contributed by atoms with E-state index in [0.29, 0.717) is 12.6 Å². The first-order valence-electron chi connectivity index (χ1n) is 5.01. The average Bonchev–Trinajstić information content (AvgIpc) is 2.72. The van der Waals surface area contributed by atoms with Crippen LogP contribution in [-0.4, -0.2) is 42.3 Å². The number of alkyl carbamates (subject to hydrolysis) is 1. The van der Waals surface area contributed by atoms with Gasteiger partial charge in [-0.05, 0) is 19.4 Å². The molecule has 72 valence electrons. The molecule has 3 fully saturated rings. The highest BCUT2D eigenvalue weighted by Gasteiger charge is 2.54. The lowest BCUT2D eigenvalue weighted by Crippen LogP contribution is -2.44. The summed E-state index contributed by atoms with van der Waals surface area (Å²) >= 11 is 0. The minimum absolute atomic E-state index is 0.173. The number of nitrogens with one attached hydrogen (secondary N) is 1. The maximum Gasteiger partial charge on any atom is 0.407 e. The molecule has 1 spiro atoms. The first kappa shape index (κ1) is 7.62. The molecule has 4 heteroatoms. The lowest BCUT2D eigenvalue weighted by atomic mass is 9.93. The van der Waals surface area contributed by atoms with Gasteiger partial charge in [0.25, 0.3) is 0 Å². The maximum atomic E-state index is 11.0. The Hall–Kier alpha value is -0.770. The molecule has 3 rings (SSSR count). The van der Waals surface area contributed by atoms with Gasteiger partial charge in [0.05, 0.1) is 12.6 Å². The highest BCUT2D eigenvalue weighted by Crippen LogP contribution is 2.40. The Balaban J connectivity index is 1.87. The third-order valence-corrected chi connectivity index (χ3v) is 3.62. The zero-order valence-electron chi connectivity index (χ0n) is 7.58. The summed E-state index contributed by atoms with van der Waals surface area (Å²) in [5.74, 6) is 0. The molecule has 13 heavy (non-hydrogen) atoms. The number of amides is 1. The zero-order chi connectivity index (χ0) is 8.89. The van der Waals surface area contributed by atoms with E-state index in [0.717, 1.165) is 13.0 Å². The fourth-order valence-electron chi connectivity index (χ4n) is 2.99. The van der Waals surface area contributed by atoms with Gasteiger partial charge in [0.2, 0.25) is 0 Å². The normalized spacial score (nSPS) is 43.7. The molecule has 0 saturated carbocycles. The number of rotatable bonds is 0. The minimum atomic E-state index is -0.228. The Labute approximate surface area is 77.2 Å². The molecule has 2 unspecified atom stereocenters. The lowest BCUT2D eigenvalue weighted by Gasteiger charge is -2.27. The van der Waals surface area contributed by atoms with Crippen molar-refractivity contribution in [1.29, 1.82) is 0 Å². The molecule has 0 aliphatic carbocycles. The number of carbonyl (C=O) groups is 1. The quantitative estimate of drug-likeness (QED) is 0.587. The minimum Gasteiger partial charge on any atom is -0.439 e. The van der Waals surface area contributed by atoms with Crippen molar-refractivity contribution in [3.05, 3.63) is 0 Å². The van der Waals surface area contributed by atoms with Crippen LogP contribution in [-0.2, 0) is 4.74 Å². The van der Waals surface area contributed by atoms with Gasteiger partial charge in [0.15, 0.2) is 0 Å². The number of nitrogens with zero attached hydrogens (tertiary/aromatic N) is 1. The number of carbonyl (C=O) groups excluding carboxylic acids is 1. The predicted octanol–water partition coefficient (Wildman–Crippen LogP) is 0.333. The maximum absolute atomic E-state index is 11.0. The van der Waals surface area contributed by atoms with E-state index < -0.39 is 0 Å². The van der Waals surface area contributed by atoms with Crippen molar-refractivity contribution in [3.63, 3.8) is 0 Å². The van der Waals surface area contributed by atoms with Crippen LogP contribution in [0.2, 0.25) is 0 Å². The van der Waals surface area contributed by atoms with Crippen LogP contribution in [0.3, 0.4) is 0 Å². The molecule has 1 N–H and O–H groups in total. The van der Waals surface area contributed by atoms with Gasteiger partial charge < -0.3 is 10.1 Å². The standard InChI is InChI=1S/C9H14N2O2/c12-8-10-6-9(13-8)3-5-11-4-1-2-7(9)11/h7H,1-6H2,(H,10,12). The van der Waals surface area contributed by atoms with Crippen molar-refractivity contribution in [3.8, 4) is 0 Å². The second-order valence-corrected chi connectivity index (χ2v) is 4.25. The van der Waals surface area contributed by atoms with E-state index in [4.69, 9.17) is 4.74 Å². The second kappa shape index (κ2) is 2.38. The Kier molecular flexibility index (Phi) is 1.39. The summed E-state index contributed by atoms with van der Waals surface area (Å²) in [6.07, 6.45) is 3.23. The van der Waals surface area contributed by atoms with Crippen molar-refractivity contribution in [1.82, 2.24) is 10.2 Å². The fourth-order valence-corrected chi connectivity index (χ4v) is 2.99. The van der Waals surface area contributed by atoms with Crippen molar-refractivity contribution in [2.45, 2.75) is 30.9 Å². The molecular weight excluding hydrogens is 168 g/mol. The number of hydrogen-bond donors (Lipinski definition) is 1. The molecule has 0 aromatic carbocycles. The number of ether oxygens (including phenoxy) is 1. The van der Waals surface area contributed by atoms with E-state index in [1.165, 1.54) is 19.4 Å². The highest BCUT2D eigenvalue weighted by molar-refractivity contribution is 5.70. The van der Waals surface area contributed by atoms with Gasteiger partial charge in [-0.1, -0.05) is 0 Å². The van der Waals surface area contributed by atoms with Crippen molar-refractivity contribution in [2.24, 2.45) is 0 Å². The Morgan fingerprint density at radius 3 is 3.23 bits per heavy atom. The van der Waals surface area contributed by atoms with E-state index in [1.54, 1.807) is 0 Å². The van der Waals surface area contributed by atoms with E-state index in [1.807, 2.05) is 0 Å². The van der Waals surface area contributed by atoms with Crippen molar-refractivity contribution < 1.29 is 9.53 Å². The summed E-state index contributed by atoms with van der Waals surface area (Å²) in [6, 6.07) is 0.492. The smallest absolute Gasteiger partial charge is 0.407 e. The molecule has 3 aliphatic heterocycles. The average molecular weight is 182 g/mol. The number of fused-ring (bicyclic) bond motifs is 2. The van der Waals surface area contributed by atoms with Gasteiger partial charge in [-0.25, -0.2) is 4.79 Å². The van der Waals surface area contributed by atoms with Crippen molar-refractivity contribution >= 4 is 6.09 Å². The summed E-state index contributed by atoms with van der Waals surface area (Å²) in [5, 5.41) is 2.78. The number of hydrogen-bond acceptors (Lipinski definition) is 3. The Bertz CT molecular complexity index is 256. The van der Waals surface area contributed by atoms with Gasteiger partial charge >= 0.3 is 6.09 Å². The van der Waals surface area contributed by atoms with Crippen LogP contribution in [0.1, 0.15) is 19.3 Å². The first-order chi connectivity index (χ1) is 6.30. The fraction of sp³-hybridized carbons (Fsp3) is 0.889. The van der Waals surface area contributed by atoms with E-state index >= 15 is 0 Å². The molecule has 0 aromatic rings.